The average molecular weight is 541 g/mol. The summed E-state index contributed by atoms with van der Waals surface area (Å²) >= 11 is 1.77. The van der Waals surface area contributed by atoms with Crippen LogP contribution in [0.2, 0.25) is 0 Å². The van der Waals surface area contributed by atoms with Crippen LogP contribution in [-0.4, -0.2) is 66.3 Å². The molecule has 7 heteroatoms. The van der Waals surface area contributed by atoms with Crippen LogP contribution in [0.5, 0.6) is 0 Å². The fraction of sp³-hybridized carbons (Fsp3) is 0.312. The van der Waals surface area contributed by atoms with Crippen LogP contribution in [0.25, 0.3) is 6.08 Å². The van der Waals surface area contributed by atoms with Gasteiger partial charge in [0.25, 0.3) is 0 Å². The highest BCUT2D eigenvalue weighted by Crippen LogP contribution is 2.39. The lowest BCUT2D eigenvalue weighted by Crippen LogP contribution is -2.56. The highest BCUT2D eigenvalue weighted by atomic mass is 32.2. The van der Waals surface area contributed by atoms with E-state index in [2.05, 4.69) is 33.3 Å². The molecule has 0 bridgehead atoms. The number of anilines is 2. The Bertz CT molecular complexity index is 1290. The minimum absolute atomic E-state index is 0.134. The van der Waals surface area contributed by atoms with Crippen LogP contribution in [0.4, 0.5) is 11.4 Å². The van der Waals surface area contributed by atoms with Crippen LogP contribution in [0, 0.1) is 0 Å². The summed E-state index contributed by atoms with van der Waals surface area (Å²) in [6.45, 7) is 3.51. The number of carbonyl (C=O) groups excluding carboxylic acids is 2. The molecule has 1 spiro atoms. The van der Waals surface area contributed by atoms with Crippen LogP contribution in [0.15, 0.2) is 95.9 Å². The van der Waals surface area contributed by atoms with E-state index in [1.165, 1.54) is 0 Å². The van der Waals surface area contributed by atoms with Crippen molar-refractivity contribution in [3.8, 4) is 0 Å². The Kier molecular flexibility index (Phi) is 8.69. The van der Waals surface area contributed by atoms with E-state index in [-0.39, 0.29) is 11.8 Å². The molecule has 39 heavy (non-hydrogen) atoms. The quantitative estimate of drug-likeness (QED) is 0.218. The molecule has 2 amide bonds. The summed E-state index contributed by atoms with van der Waals surface area (Å²) in [5, 5.41) is 3.03. The standard InChI is InChI=1S/C32H36N4O2S/c1-34-25-36(27-13-6-3-7-14-27)32(31(34)38)19-22-35(23-20-32)21-10-24-39-29-16-9-8-15-28(29)33-30(37)18-17-26-11-4-2-5-12-26/h2-9,11-18H,10,19-25H2,1H3,(H,33,37)/b18-17+. The van der Waals surface area contributed by atoms with Gasteiger partial charge in [0, 0.05) is 36.8 Å². The third kappa shape index (κ3) is 6.37. The van der Waals surface area contributed by atoms with E-state index in [9.17, 15) is 9.59 Å². The van der Waals surface area contributed by atoms with Crippen LogP contribution in [0.3, 0.4) is 0 Å². The number of nitrogens with one attached hydrogen (secondary N) is 1. The van der Waals surface area contributed by atoms with Gasteiger partial charge in [-0.3, -0.25) is 9.59 Å². The largest absolute Gasteiger partial charge is 0.339 e. The number of hydrogen-bond donors (Lipinski definition) is 1. The van der Waals surface area contributed by atoms with Crippen LogP contribution in [0.1, 0.15) is 24.8 Å². The van der Waals surface area contributed by atoms with Crippen molar-refractivity contribution >= 4 is 41.0 Å². The maximum atomic E-state index is 13.2. The first-order chi connectivity index (χ1) is 19.0. The van der Waals surface area contributed by atoms with Gasteiger partial charge < -0.3 is 20.0 Å². The molecule has 0 saturated carbocycles. The number of nitrogens with zero attached hydrogens (tertiary/aromatic N) is 3. The maximum Gasteiger partial charge on any atom is 0.249 e. The molecule has 1 N–H and O–H groups in total. The van der Waals surface area contributed by atoms with E-state index < -0.39 is 5.54 Å². The zero-order valence-corrected chi connectivity index (χ0v) is 23.3. The van der Waals surface area contributed by atoms with E-state index >= 15 is 0 Å². The SMILES string of the molecule is CN1CN(c2ccccc2)C2(CCN(CCCSc3ccccc3NC(=O)/C=C/c3ccccc3)CC2)C1=O. The molecule has 0 radical (unpaired) electrons. The minimum Gasteiger partial charge on any atom is -0.339 e. The summed E-state index contributed by atoms with van der Waals surface area (Å²) in [6, 6.07) is 28.1. The number of benzene rings is 3. The Labute approximate surface area is 235 Å². The Morgan fingerprint density at radius 3 is 2.36 bits per heavy atom. The zero-order valence-electron chi connectivity index (χ0n) is 22.5. The number of rotatable bonds is 9. The van der Waals surface area contributed by atoms with E-state index in [1.807, 2.05) is 84.8 Å². The van der Waals surface area contributed by atoms with E-state index in [0.29, 0.717) is 6.67 Å². The Morgan fingerprint density at radius 1 is 0.949 bits per heavy atom. The number of carbonyl (C=O) groups is 2. The van der Waals surface area contributed by atoms with Gasteiger partial charge in [-0.15, -0.1) is 11.8 Å². The second-order valence-corrected chi connectivity index (χ2v) is 11.3. The minimum atomic E-state index is -0.423. The highest BCUT2D eigenvalue weighted by molar-refractivity contribution is 7.99. The van der Waals surface area contributed by atoms with Crippen molar-refractivity contribution in [2.75, 3.05) is 49.3 Å². The summed E-state index contributed by atoms with van der Waals surface area (Å²) in [4.78, 5) is 33.5. The smallest absolute Gasteiger partial charge is 0.249 e. The van der Waals surface area contributed by atoms with Crippen molar-refractivity contribution in [1.82, 2.24) is 9.80 Å². The van der Waals surface area contributed by atoms with E-state index in [0.717, 1.165) is 66.5 Å². The maximum absolute atomic E-state index is 13.2. The van der Waals surface area contributed by atoms with Gasteiger partial charge in [-0.05, 0) is 67.5 Å². The summed E-state index contributed by atoms with van der Waals surface area (Å²) in [6.07, 6.45) is 6.15. The summed E-state index contributed by atoms with van der Waals surface area (Å²) < 4.78 is 0. The molecule has 202 valence electrons. The first kappa shape index (κ1) is 27.0. The fourth-order valence-corrected chi connectivity index (χ4v) is 6.47. The van der Waals surface area contributed by atoms with Crippen molar-refractivity contribution in [2.24, 2.45) is 0 Å². The van der Waals surface area contributed by atoms with Gasteiger partial charge in [0.1, 0.15) is 5.54 Å². The summed E-state index contributed by atoms with van der Waals surface area (Å²) in [5.41, 5.74) is 2.54. The van der Waals surface area contributed by atoms with Crippen molar-refractivity contribution in [2.45, 2.75) is 29.7 Å². The molecule has 3 aromatic carbocycles. The second-order valence-electron chi connectivity index (χ2n) is 10.2. The molecular formula is C32H36N4O2S. The monoisotopic (exact) mass is 540 g/mol. The van der Waals surface area contributed by atoms with E-state index in [1.54, 1.807) is 17.8 Å². The van der Waals surface area contributed by atoms with Crippen LogP contribution in [-0.2, 0) is 9.59 Å². The predicted molar refractivity (Wildman–Crippen MR) is 161 cm³/mol. The fourth-order valence-electron chi connectivity index (χ4n) is 5.53. The van der Waals surface area contributed by atoms with E-state index in [4.69, 9.17) is 0 Å². The number of thioether (sulfide) groups is 1. The number of hydrogen-bond acceptors (Lipinski definition) is 5. The summed E-state index contributed by atoms with van der Waals surface area (Å²) in [7, 11) is 1.91. The molecule has 2 fully saturated rings. The van der Waals surface area contributed by atoms with Gasteiger partial charge in [0.05, 0.1) is 12.4 Å². The molecule has 3 aromatic rings. The second kappa shape index (κ2) is 12.5. The molecule has 2 saturated heterocycles. The zero-order chi connectivity index (χ0) is 27.1. The van der Waals surface area contributed by atoms with Crippen molar-refractivity contribution < 1.29 is 9.59 Å². The molecule has 2 aliphatic rings. The highest BCUT2D eigenvalue weighted by Gasteiger charge is 2.52. The molecule has 6 nitrogen and oxygen atoms in total. The van der Waals surface area contributed by atoms with Gasteiger partial charge in [-0.25, -0.2) is 0 Å². The van der Waals surface area contributed by atoms with Crippen LogP contribution >= 0.6 is 11.8 Å². The number of likely N-dealkylation sites (tertiary alicyclic amines) is 1. The molecule has 0 unspecified atom stereocenters. The van der Waals surface area contributed by atoms with Gasteiger partial charge >= 0.3 is 0 Å². The average Bonchev–Trinajstić information content (AvgIpc) is 3.22. The third-order valence-corrected chi connectivity index (χ3v) is 8.77. The topological polar surface area (TPSA) is 55.9 Å². The first-order valence-corrected chi connectivity index (χ1v) is 14.6. The summed E-state index contributed by atoms with van der Waals surface area (Å²) in [5.74, 6) is 1.08. The number of piperidine rings is 1. The predicted octanol–water partition coefficient (Wildman–Crippen LogP) is 5.59. The van der Waals surface area contributed by atoms with Gasteiger partial charge in [-0.2, -0.15) is 0 Å². The Balaban J connectivity index is 1.10. The van der Waals surface area contributed by atoms with Crippen LogP contribution < -0.4 is 10.2 Å². The number of likely N-dealkylation sites (N-methyl/N-ethyl adjacent to an activating group) is 1. The third-order valence-electron chi connectivity index (χ3n) is 7.61. The van der Waals surface area contributed by atoms with Gasteiger partial charge in [0.15, 0.2) is 0 Å². The Morgan fingerprint density at radius 2 is 1.62 bits per heavy atom. The lowest BCUT2D eigenvalue weighted by molar-refractivity contribution is -0.132. The molecular weight excluding hydrogens is 504 g/mol. The lowest BCUT2D eigenvalue weighted by atomic mass is 9.85. The lowest BCUT2D eigenvalue weighted by Gasteiger charge is -2.43. The molecule has 0 aromatic heterocycles. The first-order valence-electron chi connectivity index (χ1n) is 13.6. The van der Waals surface area contributed by atoms with Crippen molar-refractivity contribution in [3.63, 3.8) is 0 Å². The Hall–Kier alpha value is -3.55. The molecule has 5 rings (SSSR count). The molecule has 0 atom stereocenters. The molecule has 0 aliphatic carbocycles. The van der Waals surface area contributed by atoms with Crippen molar-refractivity contribution in [3.05, 3.63) is 96.6 Å². The molecule has 2 aliphatic heterocycles. The number of para-hydroxylation sites is 2. The number of amides is 2. The van der Waals surface area contributed by atoms with Gasteiger partial charge in [-0.1, -0.05) is 60.7 Å². The van der Waals surface area contributed by atoms with Gasteiger partial charge in [0.2, 0.25) is 11.8 Å². The normalized spacial score (nSPS) is 17.3. The molecule has 2 heterocycles. The van der Waals surface area contributed by atoms with Crippen molar-refractivity contribution in [1.29, 1.82) is 0 Å².